The van der Waals surface area contributed by atoms with Crippen LogP contribution < -0.4 is 0 Å². The maximum absolute atomic E-state index is 11.4. The molecule has 1 aromatic rings. The number of esters is 1. The summed E-state index contributed by atoms with van der Waals surface area (Å²) in [5.74, 6) is -0.324. The van der Waals surface area contributed by atoms with E-state index in [0.29, 0.717) is 25.0 Å². The van der Waals surface area contributed by atoms with Gasteiger partial charge in [-0.15, -0.1) is 0 Å². The van der Waals surface area contributed by atoms with E-state index in [1.54, 1.807) is 19.1 Å². The van der Waals surface area contributed by atoms with Crippen molar-refractivity contribution >= 4 is 21.9 Å². The van der Waals surface area contributed by atoms with E-state index in [2.05, 4.69) is 22.0 Å². The highest BCUT2D eigenvalue weighted by molar-refractivity contribution is 9.10. The summed E-state index contributed by atoms with van der Waals surface area (Å²) < 4.78 is 5.73. The topological polar surface area (TPSA) is 50.1 Å². The van der Waals surface area contributed by atoms with E-state index in [-0.39, 0.29) is 5.97 Å². The monoisotopic (exact) mass is 281 g/mol. The van der Waals surface area contributed by atoms with Crippen molar-refractivity contribution in [3.63, 3.8) is 0 Å². The summed E-state index contributed by atoms with van der Waals surface area (Å²) in [6.45, 7) is 2.14. The number of hydrogen-bond donors (Lipinski definition) is 0. The van der Waals surface area contributed by atoms with Crippen LogP contribution >= 0.6 is 15.9 Å². The van der Waals surface area contributed by atoms with Crippen molar-refractivity contribution < 1.29 is 9.53 Å². The number of benzene rings is 1. The van der Waals surface area contributed by atoms with Crippen molar-refractivity contribution in [2.24, 2.45) is 0 Å². The molecule has 0 aliphatic heterocycles. The second kappa shape index (κ2) is 6.29. The minimum Gasteiger partial charge on any atom is -0.462 e. The molecule has 4 heteroatoms. The fourth-order valence-electron chi connectivity index (χ4n) is 1.28. The molecule has 0 aliphatic rings. The first-order valence-corrected chi connectivity index (χ1v) is 5.80. The van der Waals surface area contributed by atoms with Crippen LogP contribution in [-0.2, 0) is 11.2 Å². The summed E-state index contributed by atoms with van der Waals surface area (Å²) in [5.41, 5.74) is 1.55. The average Bonchev–Trinajstić information content (AvgIpc) is 2.27. The molecule has 0 heterocycles. The molecule has 0 radical (unpaired) electrons. The highest BCUT2D eigenvalue weighted by Gasteiger charge is 2.08. The molecular weight excluding hydrogens is 270 g/mol. The van der Waals surface area contributed by atoms with Gasteiger partial charge in [-0.25, -0.2) is 4.79 Å². The number of carbonyl (C=O) groups is 1. The first kappa shape index (κ1) is 12.7. The van der Waals surface area contributed by atoms with Gasteiger partial charge < -0.3 is 4.74 Å². The van der Waals surface area contributed by atoms with E-state index in [9.17, 15) is 4.79 Å². The van der Waals surface area contributed by atoms with Gasteiger partial charge in [0.1, 0.15) is 0 Å². The van der Waals surface area contributed by atoms with Crippen molar-refractivity contribution in [1.29, 1.82) is 5.26 Å². The fraction of sp³-hybridized carbons (Fsp3) is 0.333. The standard InChI is InChI=1S/C12H12BrNO2/c1-2-16-12(15)10-6-5-9(4-3-7-14)11(13)8-10/h5-6,8H,2-4H2,1H3. The predicted molar refractivity (Wildman–Crippen MR) is 64.0 cm³/mol. The highest BCUT2D eigenvalue weighted by atomic mass is 79.9. The van der Waals surface area contributed by atoms with Crippen LogP contribution in [0.25, 0.3) is 0 Å². The Kier molecular flexibility index (Phi) is 5.00. The zero-order chi connectivity index (χ0) is 12.0. The van der Waals surface area contributed by atoms with Gasteiger partial charge >= 0.3 is 5.97 Å². The van der Waals surface area contributed by atoms with E-state index in [0.717, 1.165) is 10.0 Å². The lowest BCUT2D eigenvalue weighted by Crippen LogP contribution is -2.04. The van der Waals surface area contributed by atoms with Gasteiger partial charge in [-0.1, -0.05) is 22.0 Å². The van der Waals surface area contributed by atoms with Crippen molar-refractivity contribution in [2.75, 3.05) is 6.61 Å². The smallest absolute Gasteiger partial charge is 0.338 e. The third-order valence-corrected chi connectivity index (χ3v) is 2.81. The van der Waals surface area contributed by atoms with Crippen LogP contribution in [-0.4, -0.2) is 12.6 Å². The zero-order valence-electron chi connectivity index (χ0n) is 9.00. The third-order valence-electron chi connectivity index (χ3n) is 2.07. The molecule has 0 aliphatic carbocycles. The van der Waals surface area contributed by atoms with Gasteiger partial charge in [0.2, 0.25) is 0 Å². The number of carbonyl (C=O) groups excluding carboxylic acids is 1. The van der Waals surface area contributed by atoms with Gasteiger partial charge in [-0.3, -0.25) is 0 Å². The van der Waals surface area contributed by atoms with Crippen molar-refractivity contribution in [2.45, 2.75) is 19.8 Å². The quantitative estimate of drug-likeness (QED) is 0.797. The molecule has 1 rings (SSSR count). The van der Waals surface area contributed by atoms with Crippen LogP contribution in [0.5, 0.6) is 0 Å². The van der Waals surface area contributed by atoms with Gasteiger partial charge in [-0.05, 0) is 31.0 Å². The molecule has 0 unspecified atom stereocenters. The first-order valence-electron chi connectivity index (χ1n) is 5.01. The van der Waals surface area contributed by atoms with Crippen LogP contribution in [0.2, 0.25) is 0 Å². The Labute approximate surface area is 103 Å². The summed E-state index contributed by atoms with van der Waals surface area (Å²) in [4.78, 5) is 11.4. The molecule has 0 bridgehead atoms. The lowest BCUT2D eigenvalue weighted by molar-refractivity contribution is 0.0526. The molecule has 1 aromatic carbocycles. The Morgan fingerprint density at radius 3 is 2.88 bits per heavy atom. The average molecular weight is 282 g/mol. The van der Waals surface area contributed by atoms with Crippen molar-refractivity contribution in [1.82, 2.24) is 0 Å². The molecule has 0 N–H and O–H groups in total. The predicted octanol–water partition coefficient (Wildman–Crippen LogP) is 3.08. The second-order valence-electron chi connectivity index (χ2n) is 3.18. The van der Waals surface area contributed by atoms with Crippen LogP contribution in [0, 0.1) is 11.3 Å². The number of aryl methyl sites for hydroxylation is 1. The number of halogens is 1. The summed E-state index contributed by atoms with van der Waals surface area (Å²) >= 11 is 3.38. The van der Waals surface area contributed by atoms with E-state index in [4.69, 9.17) is 10.00 Å². The SMILES string of the molecule is CCOC(=O)c1ccc(CCC#N)c(Br)c1. The molecule has 0 fully saturated rings. The van der Waals surface area contributed by atoms with Crippen LogP contribution in [0.15, 0.2) is 22.7 Å². The summed E-state index contributed by atoms with van der Waals surface area (Å²) in [6, 6.07) is 7.37. The highest BCUT2D eigenvalue weighted by Crippen LogP contribution is 2.20. The van der Waals surface area contributed by atoms with Crippen LogP contribution in [0.3, 0.4) is 0 Å². The largest absolute Gasteiger partial charge is 0.462 e. The summed E-state index contributed by atoms with van der Waals surface area (Å²) in [6.07, 6.45) is 1.15. The fourth-order valence-corrected chi connectivity index (χ4v) is 1.86. The Bertz CT molecular complexity index is 424. The van der Waals surface area contributed by atoms with Crippen LogP contribution in [0.4, 0.5) is 0 Å². The molecule has 3 nitrogen and oxygen atoms in total. The van der Waals surface area contributed by atoms with E-state index < -0.39 is 0 Å². The molecule has 0 amide bonds. The van der Waals surface area contributed by atoms with Gasteiger partial charge in [0.05, 0.1) is 18.2 Å². The molecule has 0 aromatic heterocycles. The number of rotatable bonds is 4. The first-order chi connectivity index (χ1) is 7.69. The summed E-state index contributed by atoms with van der Waals surface area (Å²) in [5, 5.41) is 8.49. The molecule has 84 valence electrons. The lowest BCUT2D eigenvalue weighted by atomic mass is 10.1. The number of hydrogen-bond acceptors (Lipinski definition) is 3. The maximum Gasteiger partial charge on any atom is 0.338 e. The minimum atomic E-state index is -0.324. The van der Waals surface area contributed by atoms with Crippen molar-refractivity contribution in [3.05, 3.63) is 33.8 Å². The third kappa shape index (κ3) is 3.35. The van der Waals surface area contributed by atoms with Gasteiger partial charge in [0.25, 0.3) is 0 Å². The molecular formula is C12H12BrNO2. The Balaban J connectivity index is 2.83. The minimum absolute atomic E-state index is 0.324. The van der Waals surface area contributed by atoms with Gasteiger partial charge in [-0.2, -0.15) is 5.26 Å². The van der Waals surface area contributed by atoms with Gasteiger partial charge in [0.15, 0.2) is 0 Å². The van der Waals surface area contributed by atoms with Crippen molar-refractivity contribution in [3.8, 4) is 6.07 Å². The molecule has 0 atom stereocenters. The zero-order valence-corrected chi connectivity index (χ0v) is 10.6. The number of nitrogens with zero attached hydrogens (tertiary/aromatic N) is 1. The summed E-state index contributed by atoms with van der Waals surface area (Å²) in [7, 11) is 0. The van der Waals surface area contributed by atoms with E-state index in [1.165, 1.54) is 0 Å². The van der Waals surface area contributed by atoms with E-state index in [1.807, 2.05) is 6.07 Å². The molecule has 0 saturated heterocycles. The molecule has 0 spiro atoms. The molecule has 0 saturated carbocycles. The normalized spacial score (nSPS) is 9.56. The lowest BCUT2D eigenvalue weighted by Gasteiger charge is -2.05. The second-order valence-corrected chi connectivity index (χ2v) is 4.04. The van der Waals surface area contributed by atoms with Gasteiger partial charge in [0, 0.05) is 10.9 Å². The molecule has 16 heavy (non-hydrogen) atoms. The number of nitriles is 1. The van der Waals surface area contributed by atoms with E-state index >= 15 is 0 Å². The van der Waals surface area contributed by atoms with Crippen LogP contribution in [0.1, 0.15) is 29.3 Å². The Morgan fingerprint density at radius 2 is 2.31 bits per heavy atom. The Hall–Kier alpha value is -1.34. The maximum atomic E-state index is 11.4. The number of ether oxygens (including phenoxy) is 1. The Morgan fingerprint density at radius 1 is 1.56 bits per heavy atom.